The van der Waals surface area contributed by atoms with Gasteiger partial charge >= 0.3 is 0 Å². The van der Waals surface area contributed by atoms with Crippen LogP contribution in [0.2, 0.25) is 0 Å². The van der Waals surface area contributed by atoms with Crippen molar-refractivity contribution in [3.05, 3.63) is 54.0 Å². The molecule has 28 heavy (non-hydrogen) atoms. The molecule has 2 heterocycles. The highest BCUT2D eigenvalue weighted by Crippen LogP contribution is 2.25. The monoisotopic (exact) mass is 384 g/mol. The lowest BCUT2D eigenvalue weighted by molar-refractivity contribution is -0.121. The molecule has 0 radical (unpaired) electrons. The normalized spacial score (nSPS) is 15.3. The predicted octanol–water partition coefficient (Wildman–Crippen LogP) is 3.59. The van der Waals surface area contributed by atoms with Crippen LogP contribution in [0.25, 0.3) is 0 Å². The Balaban J connectivity index is 1.47. The van der Waals surface area contributed by atoms with Gasteiger partial charge in [-0.05, 0) is 69.3 Å². The van der Waals surface area contributed by atoms with Crippen molar-refractivity contribution < 1.29 is 18.7 Å². The third-order valence-corrected chi connectivity index (χ3v) is 5.01. The van der Waals surface area contributed by atoms with Gasteiger partial charge in [-0.2, -0.15) is 0 Å². The van der Waals surface area contributed by atoms with Gasteiger partial charge in [0.05, 0.1) is 18.9 Å². The number of furan rings is 1. The van der Waals surface area contributed by atoms with Gasteiger partial charge in [0.2, 0.25) is 5.91 Å². The zero-order valence-corrected chi connectivity index (χ0v) is 16.4. The second-order valence-electron chi connectivity index (χ2n) is 6.96. The molecule has 0 saturated carbocycles. The molecule has 1 aromatic carbocycles. The van der Waals surface area contributed by atoms with E-state index in [1.807, 2.05) is 19.1 Å². The van der Waals surface area contributed by atoms with Crippen LogP contribution in [0, 0.1) is 0 Å². The van der Waals surface area contributed by atoms with Gasteiger partial charge in [0, 0.05) is 24.9 Å². The largest absolute Gasteiger partial charge is 0.494 e. The van der Waals surface area contributed by atoms with Crippen LogP contribution in [0.4, 0.5) is 0 Å². The van der Waals surface area contributed by atoms with Gasteiger partial charge in [0.25, 0.3) is 0 Å². The first-order valence-corrected chi connectivity index (χ1v) is 9.97. The third kappa shape index (κ3) is 5.45. The Hall–Kier alpha value is -2.60. The number of ether oxygens (including phenoxy) is 1. The molecule has 0 spiro atoms. The Morgan fingerprint density at radius 3 is 2.54 bits per heavy atom. The van der Waals surface area contributed by atoms with Crippen molar-refractivity contribution in [3.63, 3.8) is 0 Å². The molecule has 0 bridgehead atoms. The Morgan fingerprint density at radius 1 is 1.14 bits per heavy atom. The molecule has 6 nitrogen and oxygen atoms in total. The van der Waals surface area contributed by atoms with Crippen molar-refractivity contribution in [1.82, 2.24) is 10.2 Å². The van der Waals surface area contributed by atoms with E-state index in [0.29, 0.717) is 18.7 Å². The van der Waals surface area contributed by atoms with Gasteiger partial charge in [-0.25, -0.2) is 0 Å². The molecule has 2 aromatic rings. The molecule has 1 atom stereocenters. The smallest absolute Gasteiger partial charge is 0.220 e. The van der Waals surface area contributed by atoms with E-state index in [4.69, 9.17) is 9.15 Å². The van der Waals surface area contributed by atoms with E-state index in [9.17, 15) is 9.59 Å². The van der Waals surface area contributed by atoms with Gasteiger partial charge in [-0.15, -0.1) is 0 Å². The van der Waals surface area contributed by atoms with Crippen LogP contribution in [0.15, 0.2) is 47.1 Å². The molecule has 1 N–H and O–H groups in total. The average Bonchev–Trinajstić information content (AvgIpc) is 3.42. The minimum absolute atomic E-state index is 0.0414. The van der Waals surface area contributed by atoms with Crippen molar-refractivity contribution >= 4 is 11.7 Å². The molecular weight excluding hydrogens is 356 g/mol. The van der Waals surface area contributed by atoms with E-state index < -0.39 is 0 Å². The summed E-state index contributed by atoms with van der Waals surface area (Å²) in [7, 11) is 0. The van der Waals surface area contributed by atoms with E-state index in [0.717, 1.165) is 24.6 Å². The van der Waals surface area contributed by atoms with Gasteiger partial charge in [-0.3, -0.25) is 14.5 Å². The summed E-state index contributed by atoms with van der Waals surface area (Å²) in [6.45, 7) is 5.01. The van der Waals surface area contributed by atoms with E-state index in [2.05, 4.69) is 10.2 Å². The highest BCUT2D eigenvalue weighted by Gasteiger charge is 2.25. The molecule has 0 aliphatic carbocycles. The van der Waals surface area contributed by atoms with Gasteiger partial charge < -0.3 is 14.5 Å². The molecule has 0 unspecified atom stereocenters. The maximum atomic E-state index is 12.3. The lowest BCUT2D eigenvalue weighted by Crippen LogP contribution is -2.36. The van der Waals surface area contributed by atoms with Crippen LogP contribution < -0.4 is 10.1 Å². The zero-order chi connectivity index (χ0) is 19.8. The lowest BCUT2D eigenvalue weighted by Gasteiger charge is -2.26. The standard InChI is InChI=1S/C22H28N2O4/c1-2-27-18-9-7-17(8-10-18)20(25)11-12-22(26)23-16-19(21-6-5-15-28-21)24-13-3-4-14-24/h5-10,15,19H,2-4,11-14,16H2,1H3,(H,23,26)/t19-/m1/s1. The summed E-state index contributed by atoms with van der Waals surface area (Å²) in [5.41, 5.74) is 0.599. The second kappa shape index (κ2) is 10.1. The van der Waals surface area contributed by atoms with Crippen molar-refractivity contribution in [2.45, 2.75) is 38.6 Å². The Morgan fingerprint density at radius 2 is 1.89 bits per heavy atom. The first-order valence-electron chi connectivity index (χ1n) is 9.97. The number of carbonyl (C=O) groups is 2. The number of Topliss-reactive ketones (excluding diaryl/α,β-unsaturated/α-hetero) is 1. The minimum atomic E-state index is -0.116. The minimum Gasteiger partial charge on any atom is -0.494 e. The summed E-state index contributed by atoms with van der Waals surface area (Å²) >= 11 is 0. The summed E-state index contributed by atoms with van der Waals surface area (Å²) < 4.78 is 10.9. The Bertz CT molecular complexity index is 749. The molecular formula is C22H28N2O4. The number of benzene rings is 1. The summed E-state index contributed by atoms with van der Waals surface area (Å²) in [5.74, 6) is 1.45. The first-order chi connectivity index (χ1) is 13.7. The fourth-order valence-electron chi connectivity index (χ4n) is 3.52. The Kier molecular flexibility index (Phi) is 7.25. The Labute approximate surface area is 165 Å². The maximum Gasteiger partial charge on any atom is 0.220 e. The lowest BCUT2D eigenvalue weighted by atomic mass is 10.1. The number of hydrogen-bond acceptors (Lipinski definition) is 5. The highest BCUT2D eigenvalue weighted by molar-refractivity contribution is 5.98. The number of likely N-dealkylation sites (tertiary alicyclic amines) is 1. The van der Waals surface area contributed by atoms with E-state index in [1.165, 1.54) is 12.8 Å². The summed E-state index contributed by atoms with van der Waals surface area (Å²) in [5, 5.41) is 2.97. The van der Waals surface area contributed by atoms with Crippen LogP contribution in [-0.2, 0) is 4.79 Å². The average molecular weight is 384 g/mol. The van der Waals surface area contributed by atoms with Gasteiger partial charge in [-0.1, -0.05) is 0 Å². The van der Waals surface area contributed by atoms with Crippen LogP contribution in [0.3, 0.4) is 0 Å². The number of amides is 1. The topological polar surface area (TPSA) is 71.8 Å². The molecule has 1 amide bonds. The number of nitrogens with one attached hydrogen (secondary N) is 1. The maximum absolute atomic E-state index is 12.3. The van der Waals surface area contributed by atoms with E-state index in [1.54, 1.807) is 30.5 Å². The molecule has 1 aliphatic heterocycles. The summed E-state index contributed by atoms with van der Waals surface area (Å²) in [4.78, 5) is 26.9. The molecule has 1 saturated heterocycles. The molecule has 1 fully saturated rings. The van der Waals surface area contributed by atoms with Crippen LogP contribution in [0.5, 0.6) is 5.75 Å². The van der Waals surface area contributed by atoms with Gasteiger partial charge in [0.1, 0.15) is 11.5 Å². The van der Waals surface area contributed by atoms with E-state index >= 15 is 0 Å². The third-order valence-electron chi connectivity index (χ3n) is 5.01. The molecule has 1 aliphatic rings. The predicted molar refractivity (Wildman–Crippen MR) is 106 cm³/mol. The highest BCUT2D eigenvalue weighted by atomic mass is 16.5. The van der Waals surface area contributed by atoms with E-state index in [-0.39, 0.29) is 30.6 Å². The molecule has 1 aromatic heterocycles. The number of ketones is 1. The number of rotatable bonds is 10. The quantitative estimate of drug-likeness (QED) is 0.634. The zero-order valence-electron chi connectivity index (χ0n) is 16.4. The van der Waals surface area contributed by atoms with Crippen molar-refractivity contribution in [1.29, 1.82) is 0 Å². The number of hydrogen-bond donors (Lipinski definition) is 1. The molecule has 6 heteroatoms. The van der Waals surface area contributed by atoms with Crippen molar-refractivity contribution in [2.75, 3.05) is 26.2 Å². The van der Waals surface area contributed by atoms with Crippen molar-refractivity contribution in [3.8, 4) is 5.75 Å². The fourth-order valence-corrected chi connectivity index (χ4v) is 3.52. The summed E-state index contributed by atoms with van der Waals surface area (Å²) in [6, 6.07) is 10.9. The second-order valence-corrected chi connectivity index (χ2v) is 6.96. The molecule has 3 rings (SSSR count). The van der Waals surface area contributed by atoms with Crippen LogP contribution in [-0.4, -0.2) is 42.8 Å². The summed E-state index contributed by atoms with van der Waals surface area (Å²) in [6.07, 6.45) is 4.37. The van der Waals surface area contributed by atoms with Crippen LogP contribution >= 0.6 is 0 Å². The SMILES string of the molecule is CCOc1ccc(C(=O)CCC(=O)NC[C@H](c2ccco2)N2CCCC2)cc1. The fraction of sp³-hybridized carbons (Fsp3) is 0.455. The molecule has 150 valence electrons. The number of carbonyl (C=O) groups excluding carboxylic acids is 2. The van der Waals surface area contributed by atoms with Gasteiger partial charge in [0.15, 0.2) is 5.78 Å². The van der Waals surface area contributed by atoms with Crippen molar-refractivity contribution in [2.24, 2.45) is 0 Å². The van der Waals surface area contributed by atoms with Crippen LogP contribution in [0.1, 0.15) is 54.8 Å². The number of nitrogens with zero attached hydrogens (tertiary/aromatic N) is 1. The first kappa shape index (κ1) is 20.1.